The Labute approximate surface area is 239 Å². The number of rotatable bonds is 11. The molecule has 0 aliphatic heterocycles. The summed E-state index contributed by atoms with van der Waals surface area (Å²) < 4.78 is 73.4. The minimum Gasteiger partial charge on any atom is -0.469 e. The summed E-state index contributed by atoms with van der Waals surface area (Å²) in [7, 11) is 3.14. The third-order valence-corrected chi connectivity index (χ3v) is 7.24. The second-order valence-electron chi connectivity index (χ2n) is 11.4. The Morgan fingerprint density at radius 3 is 1.93 bits per heavy atom. The van der Waals surface area contributed by atoms with E-state index in [9.17, 15) is 26.7 Å². The summed E-state index contributed by atoms with van der Waals surface area (Å²) in [5, 5.41) is 0. The van der Waals surface area contributed by atoms with Crippen LogP contribution in [0.2, 0.25) is 0 Å². The molecule has 0 bridgehead atoms. The van der Waals surface area contributed by atoms with Crippen LogP contribution in [-0.2, 0) is 15.7 Å². The molecular formula is C33H38F5NO2. The predicted molar refractivity (Wildman–Crippen MR) is 153 cm³/mol. The third-order valence-electron chi connectivity index (χ3n) is 7.24. The molecule has 3 aromatic rings. The van der Waals surface area contributed by atoms with Crippen molar-refractivity contribution in [3.63, 3.8) is 0 Å². The van der Waals surface area contributed by atoms with Crippen LogP contribution in [0.25, 0.3) is 11.1 Å². The molecule has 2 unspecified atom stereocenters. The van der Waals surface area contributed by atoms with Gasteiger partial charge in [0.25, 0.3) is 0 Å². The Bertz CT molecular complexity index is 1300. The van der Waals surface area contributed by atoms with Crippen molar-refractivity contribution < 1.29 is 31.5 Å². The van der Waals surface area contributed by atoms with Crippen molar-refractivity contribution in [3.8, 4) is 11.1 Å². The standard InChI is InChI=1S/C33H38F5NO2/c1-20(2)7-12-31(25-15-27(34)19-28(35)16-25)39(5)29-17-23(22-8-10-26(11-9-22)33(36,37)38)14-24(18-29)30(13-21(3)4)32(40)41-6/h8-11,14-21,30-31H,7,12-13H2,1-6H3. The monoisotopic (exact) mass is 575 g/mol. The average molecular weight is 576 g/mol. The Balaban J connectivity index is 2.20. The number of hydrogen-bond donors (Lipinski definition) is 0. The summed E-state index contributed by atoms with van der Waals surface area (Å²) in [6, 6.07) is 13.4. The van der Waals surface area contributed by atoms with Crippen LogP contribution in [0.4, 0.5) is 27.6 Å². The van der Waals surface area contributed by atoms with Crippen LogP contribution in [0.1, 0.15) is 75.6 Å². The first-order valence-corrected chi connectivity index (χ1v) is 13.8. The molecule has 41 heavy (non-hydrogen) atoms. The maximum absolute atomic E-state index is 14.3. The molecule has 2 atom stereocenters. The maximum atomic E-state index is 14.3. The SMILES string of the molecule is COC(=O)C(CC(C)C)c1cc(-c2ccc(C(F)(F)F)cc2)cc(N(C)C(CCC(C)C)c2cc(F)cc(F)c2)c1. The highest BCUT2D eigenvalue weighted by Crippen LogP contribution is 2.38. The molecule has 0 heterocycles. The maximum Gasteiger partial charge on any atom is 0.416 e. The van der Waals surface area contributed by atoms with E-state index in [1.807, 2.05) is 37.9 Å². The number of nitrogens with zero attached hydrogens (tertiary/aromatic N) is 1. The molecule has 3 nitrogen and oxygen atoms in total. The fourth-order valence-corrected chi connectivity index (χ4v) is 5.06. The summed E-state index contributed by atoms with van der Waals surface area (Å²) in [5.74, 6) is -1.88. The number of halogens is 5. The summed E-state index contributed by atoms with van der Waals surface area (Å²) in [6.45, 7) is 8.12. The number of benzene rings is 3. The fourth-order valence-electron chi connectivity index (χ4n) is 5.06. The number of esters is 1. The van der Waals surface area contributed by atoms with Crippen molar-refractivity contribution in [3.05, 3.63) is 89.0 Å². The Hall–Kier alpha value is -3.42. The molecule has 0 aromatic heterocycles. The van der Waals surface area contributed by atoms with Crippen molar-refractivity contribution in [1.29, 1.82) is 0 Å². The van der Waals surface area contributed by atoms with Crippen LogP contribution in [0.15, 0.2) is 60.7 Å². The summed E-state index contributed by atoms with van der Waals surface area (Å²) in [6.07, 6.45) is -2.58. The molecule has 0 saturated carbocycles. The highest BCUT2D eigenvalue weighted by molar-refractivity contribution is 5.80. The van der Waals surface area contributed by atoms with E-state index in [1.165, 1.54) is 31.4 Å². The smallest absolute Gasteiger partial charge is 0.416 e. The van der Waals surface area contributed by atoms with Crippen LogP contribution >= 0.6 is 0 Å². The second-order valence-corrected chi connectivity index (χ2v) is 11.4. The van der Waals surface area contributed by atoms with E-state index in [-0.39, 0.29) is 5.92 Å². The lowest BCUT2D eigenvalue weighted by atomic mass is 9.87. The van der Waals surface area contributed by atoms with Crippen molar-refractivity contribution >= 4 is 11.7 Å². The van der Waals surface area contributed by atoms with Gasteiger partial charge in [0.15, 0.2) is 0 Å². The quantitative estimate of drug-likeness (QED) is 0.168. The largest absolute Gasteiger partial charge is 0.469 e. The average Bonchev–Trinajstić information content (AvgIpc) is 2.89. The van der Waals surface area contributed by atoms with Crippen molar-refractivity contribution in [2.24, 2.45) is 11.8 Å². The molecule has 0 amide bonds. The number of methoxy groups -OCH3 is 1. The van der Waals surface area contributed by atoms with Crippen LogP contribution in [-0.4, -0.2) is 20.1 Å². The first-order chi connectivity index (χ1) is 19.2. The molecular weight excluding hydrogens is 537 g/mol. The molecule has 0 aliphatic carbocycles. The Morgan fingerprint density at radius 1 is 0.805 bits per heavy atom. The topological polar surface area (TPSA) is 29.5 Å². The van der Waals surface area contributed by atoms with E-state index < -0.39 is 41.3 Å². The summed E-state index contributed by atoms with van der Waals surface area (Å²) in [4.78, 5) is 14.8. The van der Waals surface area contributed by atoms with E-state index in [0.29, 0.717) is 46.7 Å². The summed E-state index contributed by atoms with van der Waals surface area (Å²) >= 11 is 0. The highest BCUT2D eigenvalue weighted by Gasteiger charge is 2.30. The first kappa shape index (κ1) is 32.1. The molecule has 8 heteroatoms. The minimum atomic E-state index is -4.47. The van der Waals surface area contributed by atoms with Crippen LogP contribution in [0.3, 0.4) is 0 Å². The van der Waals surface area contributed by atoms with Crippen molar-refractivity contribution in [2.45, 2.75) is 65.1 Å². The Kier molecular flexibility index (Phi) is 10.6. The first-order valence-electron chi connectivity index (χ1n) is 13.8. The number of hydrogen-bond acceptors (Lipinski definition) is 3. The van der Waals surface area contributed by atoms with Crippen LogP contribution < -0.4 is 4.90 Å². The number of carbonyl (C=O) groups excluding carboxylic acids is 1. The molecule has 0 radical (unpaired) electrons. The molecule has 0 N–H and O–H groups in total. The van der Waals surface area contributed by atoms with Gasteiger partial charge in [0, 0.05) is 18.8 Å². The zero-order chi connectivity index (χ0) is 30.5. The van der Waals surface area contributed by atoms with E-state index >= 15 is 0 Å². The van der Waals surface area contributed by atoms with Gasteiger partial charge in [-0.25, -0.2) is 8.78 Å². The van der Waals surface area contributed by atoms with Gasteiger partial charge >= 0.3 is 12.1 Å². The second kappa shape index (κ2) is 13.5. The normalized spacial score (nSPS) is 13.4. The van der Waals surface area contributed by atoms with Gasteiger partial charge in [-0.05, 0) is 89.8 Å². The van der Waals surface area contributed by atoms with Gasteiger partial charge in [-0.3, -0.25) is 4.79 Å². The molecule has 0 saturated heterocycles. The predicted octanol–water partition coefficient (Wildman–Crippen LogP) is 9.57. The zero-order valence-electron chi connectivity index (χ0n) is 24.4. The lowest BCUT2D eigenvalue weighted by molar-refractivity contribution is -0.143. The molecule has 3 aromatic carbocycles. The van der Waals surface area contributed by atoms with Gasteiger partial charge in [0.2, 0.25) is 0 Å². The van der Waals surface area contributed by atoms with Gasteiger partial charge in [-0.15, -0.1) is 0 Å². The van der Waals surface area contributed by atoms with E-state index in [4.69, 9.17) is 4.74 Å². The van der Waals surface area contributed by atoms with Crippen molar-refractivity contribution in [1.82, 2.24) is 0 Å². The lowest BCUT2D eigenvalue weighted by Crippen LogP contribution is -2.25. The van der Waals surface area contributed by atoms with E-state index in [2.05, 4.69) is 13.8 Å². The third kappa shape index (κ3) is 8.54. The molecule has 222 valence electrons. The molecule has 0 fully saturated rings. The number of carbonyl (C=O) groups is 1. The van der Waals surface area contributed by atoms with Gasteiger partial charge in [-0.1, -0.05) is 45.9 Å². The molecule has 0 aliphatic rings. The van der Waals surface area contributed by atoms with Crippen LogP contribution in [0, 0.1) is 23.5 Å². The van der Waals surface area contributed by atoms with Crippen LogP contribution in [0.5, 0.6) is 0 Å². The minimum absolute atomic E-state index is 0.157. The number of anilines is 1. The summed E-state index contributed by atoms with van der Waals surface area (Å²) in [5.41, 5.74) is 2.18. The molecule has 3 rings (SSSR count). The number of ether oxygens (including phenoxy) is 1. The number of alkyl halides is 3. The van der Waals surface area contributed by atoms with Gasteiger partial charge < -0.3 is 9.64 Å². The van der Waals surface area contributed by atoms with Crippen molar-refractivity contribution in [2.75, 3.05) is 19.1 Å². The van der Waals surface area contributed by atoms with Gasteiger partial charge in [-0.2, -0.15) is 13.2 Å². The zero-order valence-corrected chi connectivity index (χ0v) is 24.4. The highest BCUT2D eigenvalue weighted by atomic mass is 19.4. The fraction of sp³-hybridized carbons (Fsp3) is 0.424. The van der Waals surface area contributed by atoms with E-state index in [0.717, 1.165) is 24.6 Å². The van der Waals surface area contributed by atoms with Gasteiger partial charge in [0.05, 0.1) is 24.6 Å². The Morgan fingerprint density at radius 2 is 1.41 bits per heavy atom. The van der Waals surface area contributed by atoms with Gasteiger partial charge in [0.1, 0.15) is 11.6 Å². The molecule has 0 spiro atoms. The van der Waals surface area contributed by atoms with E-state index in [1.54, 1.807) is 6.07 Å². The lowest BCUT2D eigenvalue weighted by Gasteiger charge is -2.32.